The highest BCUT2D eigenvalue weighted by atomic mass is 19.4. The van der Waals surface area contributed by atoms with Crippen molar-refractivity contribution in [1.29, 1.82) is 0 Å². The number of ether oxygens (including phenoxy) is 1. The van der Waals surface area contributed by atoms with Crippen LogP contribution in [0.3, 0.4) is 0 Å². The number of nitrogens with zero attached hydrogens (tertiary/aromatic N) is 2. The number of rotatable bonds is 6. The molecule has 0 aliphatic rings. The van der Waals surface area contributed by atoms with E-state index in [9.17, 15) is 18.0 Å². The minimum atomic E-state index is -4.35. The fourth-order valence-electron chi connectivity index (χ4n) is 3.52. The molecule has 7 heteroatoms. The summed E-state index contributed by atoms with van der Waals surface area (Å²) in [5.74, 6) is -0.354. The lowest BCUT2D eigenvalue weighted by molar-refractivity contribution is -0.144. The highest BCUT2D eigenvalue weighted by molar-refractivity contribution is 5.74. The molecule has 3 rings (SSSR count). The summed E-state index contributed by atoms with van der Waals surface area (Å²) in [6.45, 7) is 5.85. The lowest BCUT2D eigenvalue weighted by atomic mass is 9.93. The molecule has 0 unspecified atom stereocenters. The number of aromatic nitrogens is 2. The lowest BCUT2D eigenvalue weighted by Crippen LogP contribution is -2.15. The number of benzene rings is 2. The van der Waals surface area contributed by atoms with Crippen LogP contribution < -0.4 is 0 Å². The van der Waals surface area contributed by atoms with Gasteiger partial charge in [-0.25, -0.2) is 0 Å². The van der Waals surface area contributed by atoms with E-state index in [0.29, 0.717) is 13.0 Å². The summed E-state index contributed by atoms with van der Waals surface area (Å²) in [7, 11) is 0. The van der Waals surface area contributed by atoms with Gasteiger partial charge in [0.15, 0.2) is 0 Å². The van der Waals surface area contributed by atoms with E-state index in [-0.39, 0.29) is 12.5 Å². The van der Waals surface area contributed by atoms with Gasteiger partial charge in [-0.05, 0) is 56.0 Å². The first-order valence-electron chi connectivity index (χ1n) is 9.64. The van der Waals surface area contributed by atoms with E-state index in [2.05, 4.69) is 5.10 Å². The SMILES string of the molecule is CCOC(=O)Cn1nc(C)c(-c2ccccc2Cc2ccc(C(F)(F)F)cc2)c1C. The second-order valence-electron chi connectivity index (χ2n) is 7.04. The number of hydrogen-bond donors (Lipinski definition) is 0. The molecule has 0 aliphatic heterocycles. The molecule has 0 saturated carbocycles. The van der Waals surface area contributed by atoms with E-state index in [1.54, 1.807) is 11.6 Å². The van der Waals surface area contributed by atoms with Crippen molar-refractivity contribution in [1.82, 2.24) is 9.78 Å². The van der Waals surface area contributed by atoms with Crippen LogP contribution in [0, 0.1) is 13.8 Å². The van der Waals surface area contributed by atoms with Gasteiger partial charge < -0.3 is 4.74 Å². The zero-order valence-electron chi connectivity index (χ0n) is 17.1. The van der Waals surface area contributed by atoms with Crippen LogP contribution in [0.5, 0.6) is 0 Å². The molecule has 0 N–H and O–H groups in total. The third-order valence-corrected chi connectivity index (χ3v) is 4.93. The van der Waals surface area contributed by atoms with Crippen LogP contribution in [0.25, 0.3) is 11.1 Å². The number of alkyl halides is 3. The average Bonchev–Trinajstić information content (AvgIpc) is 2.95. The Bertz CT molecular complexity index is 1040. The molecule has 30 heavy (non-hydrogen) atoms. The second-order valence-corrected chi connectivity index (χ2v) is 7.04. The molecular weight excluding hydrogens is 393 g/mol. The molecule has 2 aromatic carbocycles. The van der Waals surface area contributed by atoms with Gasteiger partial charge in [0.05, 0.1) is 17.9 Å². The van der Waals surface area contributed by atoms with Crippen LogP contribution in [0.1, 0.15) is 35.0 Å². The Labute approximate surface area is 173 Å². The van der Waals surface area contributed by atoms with E-state index in [0.717, 1.165) is 45.8 Å². The first-order chi connectivity index (χ1) is 14.2. The summed E-state index contributed by atoms with van der Waals surface area (Å²) in [4.78, 5) is 11.9. The number of esters is 1. The summed E-state index contributed by atoms with van der Waals surface area (Å²) in [5, 5.41) is 4.49. The Balaban J connectivity index is 1.92. The summed E-state index contributed by atoms with van der Waals surface area (Å²) >= 11 is 0. The van der Waals surface area contributed by atoms with Gasteiger partial charge in [0.25, 0.3) is 0 Å². The minimum Gasteiger partial charge on any atom is -0.465 e. The molecule has 0 fully saturated rings. The van der Waals surface area contributed by atoms with Crippen LogP contribution >= 0.6 is 0 Å². The van der Waals surface area contributed by atoms with Gasteiger partial charge in [-0.1, -0.05) is 36.4 Å². The van der Waals surface area contributed by atoms with Crippen LogP contribution in [-0.2, 0) is 28.7 Å². The highest BCUT2D eigenvalue weighted by Crippen LogP contribution is 2.32. The van der Waals surface area contributed by atoms with Crippen molar-refractivity contribution in [3.63, 3.8) is 0 Å². The van der Waals surface area contributed by atoms with E-state index in [1.165, 1.54) is 12.1 Å². The molecule has 1 heterocycles. The molecule has 0 radical (unpaired) electrons. The Hall–Kier alpha value is -3.09. The van der Waals surface area contributed by atoms with Crippen molar-refractivity contribution in [3.8, 4) is 11.1 Å². The maximum absolute atomic E-state index is 12.8. The predicted molar refractivity (Wildman–Crippen MR) is 108 cm³/mol. The largest absolute Gasteiger partial charge is 0.465 e. The first-order valence-corrected chi connectivity index (χ1v) is 9.64. The number of aryl methyl sites for hydroxylation is 1. The third kappa shape index (κ3) is 4.72. The van der Waals surface area contributed by atoms with Crippen molar-refractivity contribution in [3.05, 3.63) is 76.6 Å². The van der Waals surface area contributed by atoms with Crippen LogP contribution in [0.15, 0.2) is 48.5 Å². The smallest absolute Gasteiger partial charge is 0.416 e. The Morgan fingerprint density at radius 2 is 1.73 bits per heavy atom. The Kier molecular flexibility index (Phi) is 6.29. The maximum atomic E-state index is 12.8. The molecule has 158 valence electrons. The van der Waals surface area contributed by atoms with Gasteiger partial charge in [-0.15, -0.1) is 0 Å². The zero-order chi connectivity index (χ0) is 21.9. The van der Waals surface area contributed by atoms with Gasteiger partial charge in [-0.2, -0.15) is 18.3 Å². The van der Waals surface area contributed by atoms with Crippen molar-refractivity contribution >= 4 is 5.97 Å². The van der Waals surface area contributed by atoms with Gasteiger partial charge in [-0.3, -0.25) is 9.48 Å². The lowest BCUT2D eigenvalue weighted by Gasteiger charge is -2.12. The molecule has 3 aromatic rings. The average molecular weight is 416 g/mol. The Morgan fingerprint density at radius 1 is 1.07 bits per heavy atom. The quantitative estimate of drug-likeness (QED) is 0.510. The monoisotopic (exact) mass is 416 g/mol. The molecule has 0 saturated heterocycles. The molecule has 4 nitrogen and oxygen atoms in total. The molecule has 1 aromatic heterocycles. The fraction of sp³-hybridized carbons (Fsp3) is 0.304. The van der Waals surface area contributed by atoms with Crippen LogP contribution in [0.4, 0.5) is 13.2 Å². The number of hydrogen-bond acceptors (Lipinski definition) is 3. The predicted octanol–water partition coefficient (Wildman–Crippen LogP) is 5.34. The second kappa shape index (κ2) is 8.73. The van der Waals surface area contributed by atoms with Crippen molar-refractivity contribution < 1.29 is 22.7 Å². The number of carbonyl (C=O) groups excluding carboxylic acids is 1. The van der Waals surface area contributed by atoms with Gasteiger partial charge >= 0.3 is 12.1 Å². The van der Waals surface area contributed by atoms with Gasteiger partial charge in [0, 0.05) is 11.3 Å². The zero-order valence-corrected chi connectivity index (χ0v) is 17.1. The Morgan fingerprint density at radius 3 is 2.37 bits per heavy atom. The van der Waals surface area contributed by atoms with Crippen LogP contribution in [-0.4, -0.2) is 22.4 Å². The van der Waals surface area contributed by atoms with E-state index in [4.69, 9.17) is 4.74 Å². The summed E-state index contributed by atoms with van der Waals surface area (Å²) in [5.41, 5.74) is 4.57. The van der Waals surface area contributed by atoms with Gasteiger partial charge in [0.1, 0.15) is 6.54 Å². The number of halogens is 3. The molecule has 0 spiro atoms. The molecule has 0 bridgehead atoms. The van der Waals surface area contributed by atoms with Crippen molar-refractivity contribution in [2.75, 3.05) is 6.61 Å². The van der Waals surface area contributed by atoms with E-state index < -0.39 is 11.7 Å². The van der Waals surface area contributed by atoms with Gasteiger partial charge in [0.2, 0.25) is 0 Å². The molecule has 0 atom stereocenters. The first kappa shape index (κ1) is 21.6. The molecule has 0 amide bonds. The van der Waals surface area contributed by atoms with E-state index in [1.807, 2.05) is 38.1 Å². The maximum Gasteiger partial charge on any atom is 0.416 e. The van der Waals surface area contributed by atoms with Crippen molar-refractivity contribution in [2.45, 2.75) is 39.9 Å². The van der Waals surface area contributed by atoms with Crippen molar-refractivity contribution in [2.24, 2.45) is 0 Å². The summed E-state index contributed by atoms with van der Waals surface area (Å²) < 4.78 is 45.1. The minimum absolute atomic E-state index is 0.0293. The normalized spacial score (nSPS) is 11.5. The highest BCUT2D eigenvalue weighted by Gasteiger charge is 2.30. The molecular formula is C23H23F3N2O2. The summed E-state index contributed by atoms with van der Waals surface area (Å²) in [6, 6.07) is 12.9. The fourth-order valence-corrected chi connectivity index (χ4v) is 3.52. The standard InChI is InChI=1S/C23H23F3N2O2/c1-4-30-21(29)14-28-16(3)22(15(2)27-28)20-8-6-5-7-18(20)13-17-9-11-19(12-10-17)23(24,25)26/h5-12H,4,13-14H2,1-3H3. The van der Waals surface area contributed by atoms with Crippen LogP contribution in [0.2, 0.25) is 0 Å². The third-order valence-electron chi connectivity index (χ3n) is 4.93. The topological polar surface area (TPSA) is 44.1 Å². The molecule has 0 aliphatic carbocycles. The van der Waals surface area contributed by atoms with E-state index >= 15 is 0 Å². The summed E-state index contributed by atoms with van der Waals surface area (Å²) in [6.07, 6.45) is -3.87. The number of carbonyl (C=O) groups is 1.